The van der Waals surface area contributed by atoms with Gasteiger partial charge in [0.15, 0.2) is 11.2 Å². The van der Waals surface area contributed by atoms with Crippen molar-refractivity contribution in [3.63, 3.8) is 0 Å². The van der Waals surface area contributed by atoms with Crippen LogP contribution in [0.4, 0.5) is 4.39 Å². The molecule has 3 heterocycles. The predicted molar refractivity (Wildman–Crippen MR) is 114 cm³/mol. The number of halogens is 1. The van der Waals surface area contributed by atoms with Crippen LogP contribution >= 0.6 is 0 Å². The zero-order valence-corrected chi connectivity index (χ0v) is 16.8. The predicted octanol–water partition coefficient (Wildman–Crippen LogP) is 2.72. The van der Waals surface area contributed by atoms with Crippen LogP contribution < -0.4 is 11.2 Å². The number of nitrogens with zero attached hydrogens (tertiary/aromatic N) is 4. The maximum Gasteiger partial charge on any atom is 0.337 e. The van der Waals surface area contributed by atoms with E-state index in [1.54, 1.807) is 10.9 Å². The molecule has 1 atom stereocenters. The number of benzene rings is 2. The van der Waals surface area contributed by atoms with Crippen LogP contribution in [-0.2, 0) is 17.8 Å². The summed E-state index contributed by atoms with van der Waals surface area (Å²) in [7, 11) is 0. The zero-order chi connectivity index (χ0) is 21.4. The lowest BCUT2D eigenvalue weighted by atomic mass is 10.2. The summed E-state index contributed by atoms with van der Waals surface area (Å²) in [4.78, 5) is 31.2. The van der Waals surface area contributed by atoms with E-state index in [0.717, 1.165) is 18.4 Å². The molecule has 31 heavy (non-hydrogen) atoms. The Kier molecular flexibility index (Phi) is 4.99. The Morgan fingerprint density at radius 3 is 2.55 bits per heavy atom. The molecule has 1 aliphatic heterocycles. The number of rotatable bonds is 5. The van der Waals surface area contributed by atoms with Gasteiger partial charge >= 0.3 is 5.69 Å². The Balaban J connectivity index is 1.73. The van der Waals surface area contributed by atoms with E-state index in [9.17, 15) is 14.0 Å². The fraction of sp³-hybridized carbons (Fsp3) is 0.261. The molecular weight excluding hydrogens is 399 g/mol. The molecule has 8 heteroatoms. The van der Waals surface area contributed by atoms with Crippen LogP contribution in [0.5, 0.6) is 0 Å². The number of fused-ring (bicyclic) bond motifs is 1. The molecular formula is C23H21FN4O3. The summed E-state index contributed by atoms with van der Waals surface area (Å²) in [6.45, 7) is 1.24. The molecule has 1 saturated heterocycles. The summed E-state index contributed by atoms with van der Waals surface area (Å²) in [5.41, 5.74) is 1.12. The van der Waals surface area contributed by atoms with Gasteiger partial charge in [0.05, 0.1) is 24.7 Å². The van der Waals surface area contributed by atoms with E-state index in [-0.39, 0.29) is 18.3 Å². The second-order valence-electron chi connectivity index (χ2n) is 7.68. The Morgan fingerprint density at radius 1 is 1.06 bits per heavy atom. The van der Waals surface area contributed by atoms with E-state index in [2.05, 4.69) is 4.98 Å². The van der Waals surface area contributed by atoms with E-state index < -0.39 is 17.1 Å². The maximum atomic E-state index is 13.5. The van der Waals surface area contributed by atoms with E-state index in [4.69, 9.17) is 4.74 Å². The molecule has 5 rings (SSSR count). The topological polar surface area (TPSA) is 71.0 Å². The highest BCUT2D eigenvalue weighted by Gasteiger charge is 2.23. The molecule has 158 valence electrons. The van der Waals surface area contributed by atoms with E-state index in [0.29, 0.717) is 24.4 Å². The quantitative estimate of drug-likeness (QED) is 0.498. The molecule has 0 amide bonds. The van der Waals surface area contributed by atoms with Gasteiger partial charge in [0, 0.05) is 13.2 Å². The molecule has 0 saturated carbocycles. The first-order valence-corrected chi connectivity index (χ1v) is 10.2. The van der Waals surface area contributed by atoms with Crippen molar-refractivity contribution < 1.29 is 9.13 Å². The van der Waals surface area contributed by atoms with Crippen LogP contribution in [0.3, 0.4) is 0 Å². The van der Waals surface area contributed by atoms with Crippen molar-refractivity contribution in [1.82, 2.24) is 18.7 Å². The standard InChI is InChI=1S/C23H21FN4O3/c24-17-8-10-18(11-9-17)28-21-20(26(15-25-21)13-16-5-2-1-3-6-16)22(29)27(23(28)30)14-19-7-4-12-31-19/h1-3,5-6,8-11,15,19H,4,7,12-14H2/t19-/m0/s1. The molecule has 1 fully saturated rings. The van der Waals surface area contributed by atoms with Gasteiger partial charge in [-0.15, -0.1) is 0 Å². The molecule has 2 aromatic heterocycles. The van der Waals surface area contributed by atoms with Gasteiger partial charge in [0.25, 0.3) is 5.56 Å². The Morgan fingerprint density at radius 2 is 1.84 bits per heavy atom. The second-order valence-corrected chi connectivity index (χ2v) is 7.68. The third-order valence-corrected chi connectivity index (χ3v) is 5.59. The highest BCUT2D eigenvalue weighted by molar-refractivity contribution is 5.72. The summed E-state index contributed by atoms with van der Waals surface area (Å²) in [6.07, 6.45) is 3.08. The summed E-state index contributed by atoms with van der Waals surface area (Å²) >= 11 is 0. The summed E-state index contributed by atoms with van der Waals surface area (Å²) in [6, 6.07) is 15.3. The first kappa shape index (κ1) is 19.4. The molecule has 7 nitrogen and oxygen atoms in total. The van der Waals surface area contributed by atoms with Crippen molar-refractivity contribution in [3.05, 3.63) is 93.1 Å². The van der Waals surface area contributed by atoms with Crippen molar-refractivity contribution in [1.29, 1.82) is 0 Å². The average molecular weight is 420 g/mol. The van der Waals surface area contributed by atoms with Gasteiger partial charge in [-0.1, -0.05) is 30.3 Å². The molecule has 4 aromatic rings. The fourth-order valence-corrected chi connectivity index (χ4v) is 4.06. The molecule has 0 radical (unpaired) electrons. The smallest absolute Gasteiger partial charge is 0.337 e. The third-order valence-electron chi connectivity index (χ3n) is 5.59. The van der Waals surface area contributed by atoms with E-state index in [1.165, 1.54) is 33.4 Å². The van der Waals surface area contributed by atoms with Crippen LogP contribution in [0.25, 0.3) is 16.9 Å². The molecule has 0 N–H and O–H groups in total. The minimum absolute atomic E-state index is 0.172. The largest absolute Gasteiger partial charge is 0.376 e. The summed E-state index contributed by atoms with van der Waals surface area (Å²) in [5, 5.41) is 0. The third kappa shape index (κ3) is 3.59. The second kappa shape index (κ2) is 7.96. The first-order valence-electron chi connectivity index (χ1n) is 10.2. The highest BCUT2D eigenvalue weighted by atomic mass is 19.1. The summed E-state index contributed by atoms with van der Waals surface area (Å²) < 4.78 is 23.5. The highest BCUT2D eigenvalue weighted by Crippen LogP contribution is 2.17. The number of aromatic nitrogens is 4. The van der Waals surface area contributed by atoms with Crippen molar-refractivity contribution in [3.8, 4) is 5.69 Å². The van der Waals surface area contributed by atoms with Crippen molar-refractivity contribution >= 4 is 11.2 Å². The molecule has 0 bridgehead atoms. The minimum atomic E-state index is -0.510. The lowest BCUT2D eigenvalue weighted by Crippen LogP contribution is -2.42. The van der Waals surface area contributed by atoms with Crippen LogP contribution in [0.15, 0.2) is 70.5 Å². The number of ether oxygens (including phenoxy) is 1. The molecule has 1 aliphatic rings. The number of hydrogen-bond donors (Lipinski definition) is 0. The van der Waals surface area contributed by atoms with Crippen LogP contribution in [-0.4, -0.2) is 31.4 Å². The molecule has 2 aromatic carbocycles. The SMILES string of the molecule is O=c1c2c(ncn2Cc2ccccc2)n(-c2ccc(F)cc2)c(=O)n1C[C@@H]1CCCO1. The normalized spacial score (nSPS) is 16.2. The first-order chi connectivity index (χ1) is 15.1. The van der Waals surface area contributed by atoms with Gasteiger partial charge in [0.2, 0.25) is 0 Å². The van der Waals surface area contributed by atoms with Gasteiger partial charge in [0.1, 0.15) is 5.82 Å². The van der Waals surface area contributed by atoms with Gasteiger partial charge < -0.3 is 9.30 Å². The fourth-order valence-electron chi connectivity index (χ4n) is 4.06. The Labute approximate surface area is 177 Å². The van der Waals surface area contributed by atoms with Crippen molar-refractivity contribution in [2.75, 3.05) is 6.61 Å². The van der Waals surface area contributed by atoms with Crippen LogP contribution in [0, 0.1) is 5.82 Å². The van der Waals surface area contributed by atoms with Crippen molar-refractivity contribution in [2.45, 2.75) is 32.0 Å². The lowest BCUT2D eigenvalue weighted by molar-refractivity contribution is 0.0950. The van der Waals surface area contributed by atoms with Crippen LogP contribution in [0.1, 0.15) is 18.4 Å². The minimum Gasteiger partial charge on any atom is -0.376 e. The van der Waals surface area contributed by atoms with Gasteiger partial charge in [-0.25, -0.2) is 18.7 Å². The summed E-state index contributed by atoms with van der Waals surface area (Å²) in [5.74, 6) is -0.407. The zero-order valence-electron chi connectivity index (χ0n) is 16.8. The number of hydrogen-bond acceptors (Lipinski definition) is 4. The molecule has 0 aliphatic carbocycles. The van der Waals surface area contributed by atoms with E-state index >= 15 is 0 Å². The van der Waals surface area contributed by atoms with E-state index in [1.807, 2.05) is 30.3 Å². The maximum absolute atomic E-state index is 13.5. The van der Waals surface area contributed by atoms with Crippen molar-refractivity contribution in [2.24, 2.45) is 0 Å². The molecule has 0 unspecified atom stereocenters. The molecule has 0 spiro atoms. The van der Waals surface area contributed by atoms with Gasteiger partial charge in [-0.05, 0) is 42.7 Å². The van der Waals surface area contributed by atoms with Gasteiger partial charge in [-0.3, -0.25) is 9.36 Å². The Bertz CT molecular complexity index is 1330. The Hall–Kier alpha value is -3.52. The lowest BCUT2D eigenvalue weighted by Gasteiger charge is -2.15. The number of imidazole rings is 1. The van der Waals surface area contributed by atoms with Crippen LogP contribution in [0.2, 0.25) is 0 Å². The van der Waals surface area contributed by atoms with Gasteiger partial charge in [-0.2, -0.15) is 0 Å². The monoisotopic (exact) mass is 420 g/mol. The average Bonchev–Trinajstić information content (AvgIpc) is 3.44.